The van der Waals surface area contributed by atoms with Crippen LogP contribution in [0, 0.1) is 0 Å². The zero-order valence-electron chi connectivity index (χ0n) is 10.1. The summed E-state index contributed by atoms with van der Waals surface area (Å²) in [5.74, 6) is 0.968. The molecule has 0 aliphatic carbocycles. The number of aryl methyl sites for hydroxylation is 1. The summed E-state index contributed by atoms with van der Waals surface area (Å²) in [6.07, 6.45) is 3.41. The highest BCUT2D eigenvalue weighted by molar-refractivity contribution is 8.14. The molecule has 2 N–H and O–H groups in total. The number of hydrogen-bond donors (Lipinski definition) is 2. The smallest absolute Gasteiger partial charge is 0.231 e. The molecule has 1 aromatic heterocycles. The summed E-state index contributed by atoms with van der Waals surface area (Å²) >= 11 is 2.64. The normalized spacial score (nSPS) is 19.2. The van der Waals surface area contributed by atoms with E-state index in [0.29, 0.717) is 0 Å². The number of aromatic nitrogens is 2. The molecule has 1 aliphatic rings. The number of H-pyrrole nitrogens is 1. The van der Waals surface area contributed by atoms with Gasteiger partial charge in [-0.15, -0.1) is 0 Å². The van der Waals surface area contributed by atoms with Crippen molar-refractivity contribution in [2.75, 3.05) is 11.5 Å². The van der Waals surface area contributed by atoms with Gasteiger partial charge in [-0.05, 0) is 12.8 Å². The minimum atomic E-state index is -0.300. The van der Waals surface area contributed by atoms with Crippen LogP contribution >= 0.6 is 23.5 Å². The lowest BCUT2D eigenvalue weighted by atomic mass is 10.2. The van der Waals surface area contributed by atoms with Gasteiger partial charge >= 0.3 is 0 Å². The lowest BCUT2D eigenvalue weighted by molar-refractivity contribution is -0.122. The van der Waals surface area contributed by atoms with Crippen molar-refractivity contribution in [1.29, 1.82) is 0 Å². The summed E-state index contributed by atoms with van der Waals surface area (Å²) in [6.45, 7) is 2.04. The first-order chi connectivity index (χ1) is 8.69. The summed E-state index contributed by atoms with van der Waals surface area (Å²) in [5, 5.41) is 3.56. The molecule has 2 heterocycles. The van der Waals surface area contributed by atoms with E-state index >= 15 is 0 Å². The Labute approximate surface area is 114 Å². The second-order valence-corrected chi connectivity index (χ2v) is 6.00. The third-order valence-corrected chi connectivity index (χ3v) is 4.49. The van der Waals surface area contributed by atoms with E-state index in [0.717, 1.165) is 29.4 Å². The third-order valence-electron chi connectivity index (χ3n) is 2.60. The quantitative estimate of drug-likeness (QED) is 0.796. The van der Waals surface area contributed by atoms with Crippen molar-refractivity contribution in [3.63, 3.8) is 0 Å². The number of nitrogens with one attached hydrogen (secondary N) is 2. The average Bonchev–Trinajstić information content (AvgIpc) is 2.97. The minimum Gasteiger partial charge on any atom is -0.345 e. The fraction of sp³-hybridized carbons (Fsp3) is 0.545. The van der Waals surface area contributed by atoms with Crippen LogP contribution in [0.3, 0.4) is 0 Å². The Kier molecular flexibility index (Phi) is 4.71. The molecule has 1 amide bonds. The van der Waals surface area contributed by atoms with E-state index in [1.165, 1.54) is 23.5 Å². The number of carbonyl (C=O) groups is 2. The van der Waals surface area contributed by atoms with Crippen LogP contribution in [0.1, 0.15) is 19.0 Å². The van der Waals surface area contributed by atoms with E-state index in [1.54, 1.807) is 6.20 Å². The van der Waals surface area contributed by atoms with Gasteiger partial charge in [-0.2, -0.15) is 0 Å². The maximum atomic E-state index is 11.7. The lowest BCUT2D eigenvalue weighted by Crippen LogP contribution is -2.38. The zero-order chi connectivity index (χ0) is 13.0. The van der Waals surface area contributed by atoms with Crippen molar-refractivity contribution in [2.24, 2.45) is 0 Å². The van der Waals surface area contributed by atoms with Gasteiger partial charge in [0.25, 0.3) is 0 Å². The maximum Gasteiger partial charge on any atom is 0.231 e. The monoisotopic (exact) mass is 285 g/mol. The van der Waals surface area contributed by atoms with Crippen LogP contribution < -0.4 is 5.32 Å². The SMILES string of the molecule is CCc1cnc(SCC(=O)N[C@H]2CCSC2=O)[nH]1. The minimum absolute atomic E-state index is 0.0691. The van der Waals surface area contributed by atoms with Crippen LogP contribution in [0.2, 0.25) is 0 Å². The molecule has 1 fully saturated rings. The molecular weight excluding hydrogens is 270 g/mol. The Balaban J connectivity index is 1.76. The zero-order valence-corrected chi connectivity index (χ0v) is 11.7. The third kappa shape index (κ3) is 3.52. The van der Waals surface area contributed by atoms with E-state index in [4.69, 9.17) is 0 Å². The van der Waals surface area contributed by atoms with Gasteiger partial charge in [0.05, 0.1) is 11.8 Å². The van der Waals surface area contributed by atoms with Gasteiger partial charge in [0.1, 0.15) is 0 Å². The van der Waals surface area contributed by atoms with Crippen molar-refractivity contribution in [1.82, 2.24) is 15.3 Å². The topological polar surface area (TPSA) is 74.8 Å². The molecule has 0 saturated carbocycles. The van der Waals surface area contributed by atoms with Crippen LogP contribution in [0.5, 0.6) is 0 Å². The van der Waals surface area contributed by atoms with E-state index in [9.17, 15) is 9.59 Å². The Hall–Kier alpha value is -0.950. The highest BCUT2D eigenvalue weighted by Gasteiger charge is 2.26. The lowest BCUT2D eigenvalue weighted by Gasteiger charge is -2.08. The highest BCUT2D eigenvalue weighted by Crippen LogP contribution is 2.20. The van der Waals surface area contributed by atoms with Crippen LogP contribution in [-0.4, -0.2) is 38.5 Å². The molecule has 0 bridgehead atoms. The van der Waals surface area contributed by atoms with Crippen LogP contribution in [0.25, 0.3) is 0 Å². The summed E-state index contributed by atoms with van der Waals surface area (Å²) < 4.78 is 0. The second kappa shape index (κ2) is 6.29. The molecule has 5 nitrogen and oxygen atoms in total. The molecule has 1 aliphatic heterocycles. The van der Waals surface area contributed by atoms with E-state index in [1.807, 2.05) is 6.92 Å². The highest BCUT2D eigenvalue weighted by atomic mass is 32.2. The summed E-state index contributed by atoms with van der Waals surface area (Å²) in [7, 11) is 0. The number of hydrogen-bond acceptors (Lipinski definition) is 5. The number of thioether (sulfide) groups is 2. The van der Waals surface area contributed by atoms with E-state index in [-0.39, 0.29) is 22.8 Å². The first kappa shape index (κ1) is 13.5. The van der Waals surface area contributed by atoms with Gasteiger partial charge in [-0.3, -0.25) is 9.59 Å². The molecule has 0 unspecified atom stereocenters. The number of nitrogens with zero attached hydrogens (tertiary/aromatic N) is 1. The molecule has 1 aromatic rings. The Morgan fingerprint density at radius 3 is 3.17 bits per heavy atom. The van der Waals surface area contributed by atoms with Crippen LogP contribution in [0.4, 0.5) is 0 Å². The van der Waals surface area contributed by atoms with Crippen LogP contribution in [-0.2, 0) is 16.0 Å². The molecule has 0 aromatic carbocycles. The molecule has 2 rings (SSSR count). The largest absolute Gasteiger partial charge is 0.345 e. The number of amides is 1. The van der Waals surface area contributed by atoms with Gasteiger partial charge in [0, 0.05) is 17.6 Å². The molecule has 1 saturated heterocycles. The second-order valence-electron chi connectivity index (χ2n) is 3.93. The Morgan fingerprint density at radius 2 is 2.56 bits per heavy atom. The summed E-state index contributed by atoms with van der Waals surface area (Å²) in [5.41, 5.74) is 1.06. The molecule has 18 heavy (non-hydrogen) atoms. The van der Waals surface area contributed by atoms with Crippen molar-refractivity contribution in [3.8, 4) is 0 Å². The van der Waals surface area contributed by atoms with Crippen molar-refractivity contribution < 1.29 is 9.59 Å². The Morgan fingerprint density at radius 1 is 1.72 bits per heavy atom. The number of aromatic amines is 1. The van der Waals surface area contributed by atoms with Gasteiger partial charge in [-0.25, -0.2) is 4.98 Å². The average molecular weight is 285 g/mol. The summed E-state index contributed by atoms with van der Waals surface area (Å²) in [6, 6.07) is -0.300. The predicted molar refractivity (Wildman–Crippen MR) is 72.7 cm³/mol. The van der Waals surface area contributed by atoms with Gasteiger partial charge in [-0.1, -0.05) is 30.4 Å². The molecular formula is C11H15N3O2S2. The number of rotatable bonds is 5. The predicted octanol–water partition coefficient (Wildman–Crippen LogP) is 1.21. The van der Waals surface area contributed by atoms with Gasteiger partial charge in [0.2, 0.25) is 11.0 Å². The fourth-order valence-electron chi connectivity index (χ4n) is 1.59. The fourth-order valence-corrected chi connectivity index (χ4v) is 3.20. The first-order valence-corrected chi connectivity index (χ1v) is 7.79. The maximum absolute atomic E-state index is 11.7. The number of imidazole rings is 1. The summed E-state index contributed by atoms with van der Waals surface area (Å²) in [4.78, 5) is 30.3. The molecule has 98 valence electrons. The number of carbonyl (C=O) groups excluding carboxylic acids is 2. The van der Waals surface area contributed by atoms with Gasteiger partial charge < -0.3 is 10.3 Å². The molecule has 0 spiro atoms. The molecule has 0 radical (unpaired) electrons. The Bertz CT molecular complexity index is 447. The van der Waals surface area contributed by atoms with Gasteiger partial charge in [0.15, 0.2) is 5.16 Å². The first-order valence-electron chi connectivity index (χ1n) is 5.81. The van der Waals surface area contributed by atoms with Crippen LogP contribution in [0.15, 0.2) is 11.4 Å². The van der Waals surface area contributed by atoms with E-state index in [2.05, 4.69) is 15.3 Å². The molecule has 1 atom stereocenters. The van der Waals surface area contributed by atoms with Crippen molar-refractivity contribution in [3.05, 3.63) is 11.9 Å². The van der Waals surface area contributed by atoms with Crippen molar-refractivity contribution >= 4 is 34.5 Å². The standard InChI is InChI=1S/C11H15N3O2S2/c1-2-7-5-12-11(13-7)18-6-9(15)14-8-3-4-17-10(8)16/h5,8H,2-4,6H2,1H3,(H,12,13)(H,14,15)/t8-/m0/s1. The molecule has 7 heteroatoms. The van der Waals surface area contributed by atoms with E-state index < -0.39 is 0 Å². The van der Waals surface area contributed by atoms with Crippen molar-refractivity contribution in [2.45, 2.75) is 31.0 Å².